The maximum absolute atomic E-state index is 13.2. The summed E-state index contributed by atoms with van der Waals surface area (Å²) in [6.07, 6.45) is 4.09. The van der Waals surface area contributed by atoms with Crippen molar-refractivity contribution in [3.63, 3.8) is 0 Å². The number of ether oxygens (including phenoxy) is 1. The molecule has 0 spiro atoms. The molecule has 1 aliphatic carbocycles. The molecule has 1 saturated carbocycles. The number of hydrogen-bond donors (Lipinski definition) is 1. The SMILES string of the molecule is COc1cccc([C@H]2CN(C(=O)C3CCCC3)C[C@@H]2C(=O)NCc2ccc(F)cc2)c1. The molecule has 2 amide bonds. The molecule has 0 aromatic heterocycles. The first-order valence-electron chi connectivity index (χ1n) is 11.0. The summed E-state index contributed by atoms with van der Waals surface area (Å²) in [6, 6.07) is 13.9. The Hall–Kier alpha value is -2.89. The Balaban J connectivity index is 1.51. The lowest BCUT2D eigenvalue weighted by Gasteiger charge is -2.20. The third kappa shape index (κ3) is 4.89. The zero-order valence-corrected chi connectivity index (χ0v) is 17.9. The zero-order valence-electron chi connectivity index (χ0n) is 17.9. The average Bonchev–Trinajstić information content (AvgIpc) is 3.49. The molecule has 6 heteroatoms. The summed E-state index contributed by atoms with van der Waals surface area (Å²) in [6.45, 7) is 1.29. The number of benzene rings is 2. The molecule has 0 unspecified atom stereocenters. The first kappa shape index (κ1) is 21.3. The third-order valence-electron chi connectivity index (χ3n) is 6.57. The standard InChI is InChI=1S/C25H29FN2O3/c1-31-21-8-4-7-19(13-21)22-15-28(25(30)18-5-2-3-6-18)16-23(22)24(29)27-14-17-9-11-20(26)12-10-17/h4,7-13,18,22-23H,2-3,5-6,14-16H2,1H3,(H,27,29)/t22-,23+/m1/s1. The number of nitrogens with one attached hydrogen (secondary N) is 1. The number of carbonyl (C=O) groups is 2. The van der Waals surface area contributed by atoms with Crippen molar-refractivity contribution in [1.29, 1.82) is 0 Å². The third-order valence-corrected chi connectivity index (χ3v) is 6.57. The second-order valence-corrected chi connectivity index (χ2v) is 8.56. The van der Waals surface area contributed by atoms with Gasteiger partial charge in [-0.3, -0.25) is 9.59 Å². The maximum Gasteiger partial charge on any atom is 0.225 e. The lowest BCUT2D eigenvalue weighted by molar-refractivity contribution is -0.134. The van der Waals surface area contributed by atoms with Crippen LogP contribution in [0.1, 0.15) is 42.7 Å². The van der Waals surface area contributed by atoms with E-state index in [2.05, 4.69) is 5.32 Å². The van der Waals surface area contributed by atoms with E-state index in [0.717, 1.165) is 42.6 Å². The summed E-state index contributed by atoms with van der Waals surface area (Å²) in [7, 11) is 1.62. The van der Waals surface area contributed by atoms with Crippen LogP contribution in [0, 0.1) is 17.7 Å². The second kappa shape index (κ2) is 9.50. The van der Waals surface area contributed by atoms with Crippen molar-refractivity contribution in [3.8, 4) is 5.75 Å². The molecule has 2 atom stereocenters. The fourth-order valence-electron chi connectivity index (χ4n) is 4.81. The zero-order chi connectivity index (χ0) is 21.8. The summed E-state index contributed by atoms with van der Waals surface area (Å²) in [5.41, 5.74) is 1.84. The molecule has 164 valence electrons. The second-order valence-electron chi connectivity index (χ2n) is 8.56. The van der Waals surface area contributed by atoms with Crippen LogP contribution in [0.5, 0.6) is 5.75 Å². The Morgan fingerprint density at radius 2 is 1.84 bits per heavy atom. The van der Waals surface area contributed by atoms with Gasteiger partial charge >= 0.3 is 0 Å². The quantitative estimate of drug-likeness (QED) is 0.766. The highest BCUT2D eigenvalue weighted by molar-refractivity contribution is 5.84. The molecule has 1 N–H and O–H groups in total. The lowest BCUT2D eigenvalue weighted by atomic mass is 9.88. The van der Waals surface area contributed by atoms with Crippen molar-refractivity contribution >= 4 is 11.8 Å². The van der Waals surface area contributed by atoms with E-state index in [1.54, 1.807) is 19.2 Å². The van der Waals surface area contributed by atoms with Crippen molar-refractivity contribution in [2.45, 2.75) is 38.1 Å². The Labute approximate surface area is 182 Å². The molecule has 1 heterocycles. The fourth-order valence-corrected chi connectivity index (χ4v) is 4.81. The molecule has 2 aromatic rings. The van der Waals surface area contributed by atoms with Crippen LogP contribution in [-0.2, 0) is 16.1 Å². The largest absolute Gasteiger partial charge is 0.497 e. The molecular weight excluding hydrogens is 395 g/mol. The summed E-state index contributed by atoms with van der Waals surface area (Å²) in [5, 5.41) is 2.99. The van der Waals surface area contributed by atoms with Crippen LogP contribution in [0.4, 0.5) is 4.39 Å². The van der Waals surface area contributed by atoms with Crippen molar-refractivity contribution in [3.05, 3.63) is 65.5 Å². The van der Waals surface area contributed by atoms with Crippen LogP contribution in [0.2, 0.25) is 0 Å². The monoisotopic (exact) mass is 424 g/mol. The van der Waals surface area contributed by atoms with Gasteiger partial charge in [-0.25, -0.2) is 4.39 Å². The lowest BCUT2D eigenvalue weighted by Crippen LogP contribution is -2.36. The van der Waals surface area contributed by atoms with Gasteiger partial charge in [-0.1, -0.05) is 37.1 Å². The van der Waals surface area contributed by atoms with Crippen LogP contribution >= 0.6 is 0 Å². The summed E-state index contributed by atoms with van der Waals surface area (Å²) >= 11 is 0. The predicted octanol–water partition coefficient (Wildman–Crippen LogP) is 3.88. The number of rotatable bonds is 6. The van der Waals surface area contributed by atoms with Gasteiger partial charge in [0.25, 0.3) is 0 Å². The van der Waals surface area contributed by atoms with E-state index in [-0.39, 0.29) is 35.4 Å². The fraction of sp³-hybridized carbons (Fsp3) is 0.440. The summed E-state index contributed by atoms with van der Waals surface area (Å²) in [5.74, 6) is 0.199. The molecule has 2 fully saturated rings. The highest BCUT2D eigenvalue weighted by Crippen LogP contribution is 2.37. The van der Waals surface area contributed by atoms with E-state index < -0.39 is 0 Å². The molecule has 1 aliphatic heterocycles. The van der Waals surface area contributed by atoms with Crippen LogP contribution in [-0.4, -0.2) is 36.9 Å². The topological polar surface area (TPSA) is 58.6 Å². The number of likely N-dealkylation sites (tertiary alicyclic amines) is 1. The molecule has 2 aliphatic rings. The van der Waals surface area contributed by atoms with E-state index in [0.29, 0.717) is 19.6 Å². The maximum atomic E-state index is 13.2. The minimum Gasteiger partial charge on any atom is -0.497 e. The van der Waals surface area contributed by atoms with Crippen molar-refractivity contribution in [2.75, 3.05) is 20.2 Å². The van der Waals surface area contributed by atoms with Crippen molar-refractivity contribution in [1.82, 2.24) is 10.2 Å². The number of carbonyl (C=O) groups excluding carboxylic acids is 2. The molecular formula is C25H29FN2O3. The van der Waals surface area contributed by atoms with Gasteiger partial charge in [-0.05, 0) is 48.2 Å². The predicted molar refractivity (Wildman–Crippen MR) is 116 cm³/mol. The molecule has 0 radical (unpaired) electrons. The van der Waals surface area contributed by atoms with Gasteiger partial charge in [-0.15, -0.1) is 0 Å². The highest BCUT2D eigenvalue weighted by atomic mass is 19.1. The van der Waals surface area contributed by atoms with Crippen molar-refractivity contribution in [2.24, 2.45) is 11.8 Å². The minimum atomic E-state index is -0.335. The molecule has 0 bridgehead atoms. The Kier molecular flexibility index (Phi) is 6.54. The molecule has 5 nitrogen and oxygen atoms in total. The smallest absolute Gasteiger partial charge is 0.225 e. The Morgan fingerprint density at radius 1 is 1.10 bits per heavy atom. The van der Waals surface area contributed by atoms with Gasteiger partial charge in [-0.2, -0.15) is 0 Å². The van der Waals surface area contributed by atoms with E-state index in [1.165, 1.54) is 12.1 Å². The van der Waals surface area contributed by atoms with Gasteiger partial charge in [0.1, 0.15) is 11.6 Å². The van der Waals surface area contributed by atoms with E-state index in [1.807, 2.05) is 29.2 Å². The summed E-state index contributed by atoms with van der Waals surface area (Å²) < 4.78 is 18.5. The van der Waals surface area contributed by atoms with Gasteiger partial charge in [0.05, 0.1) is 13.0 Å². The van der Waals surface area contributed by atoms with Crippen LogP contribution in [0.25, 0.3) is 0 Å². The summed E-state index contributed by atoms with van der Waals surface area (Å²) in [4.78, 5) is 28.1. The number of nitrogens with zero attached hydrogens (tertiary/aromatic N) is 1. The number of hydrogen-bond acceptors (Lipinski definition) is 3. The van der Waals surface area contributed by atoms with Crippen molar-refractivity contribution < 1.29 is 18.7 Å². The van der Waals surface area contributed by atoms with E-state index >= 15 is 0 Å². The van der Waals surface area contributed by atoms with Crippen LogP contribution in [0.3, 0.4) is 0 Å². The molecule has 31 heavy (non-hydrogen) atoms. The van der Waals surface area contributed by atoms with Gasteiger partial charge < -0.3 is 15.0 Å². The Morgan fingerprint density at radius 3 is 2.55 bits per heavy atom. The van der Waals surface area contributed by atoms with Gasteiger partial charge in [0, 0.05) is 31.5 Å². The molecule has 2 aromatic carbocycles. The average molecular weight is 425 g/mol. The first-order chi connectivity index (χ1) is 15.0. The van der Waals surface area contributed by atoms with Crippen LogP contribution < -0.4 is 10.1 Å². The Bertz CT molecular complexity index is 925. The molecule has 4 rings (SSSR count). The number of amides is 2. The van der Waals surface area contributed by atoms with E-state index in [4.69, 9.17) is 4.74 Å². The number of methoxy groups -OCH3 is 1. The normalized spacial score (nSPS) is 21.3. The number of halogens is 1. The highest BCUT2D eigenvalue weighted by Gasteiger charge is 2.42. The van der Waals surface area contributed by atoms with Gasteiger partial charge in [0.2, 0.25) is 11.8 Å². The minimum absolute atomic E-state index is 0.0844. The van der Waals surface area contributed by atoms with Crippen LogP contribution in [0.15, 0.2) is 48.5 Å². The first-order valence-corrected chi connectivity index (χ1v) is 11.0. The van der Waals surface area contributed by atoms with Gasteiger partial charge in [0.15, 0.2) is 0 Å². The van der Waals surface area contributed by atoms with E-state index in [9.17, 15) is 14.0 Å². The molecule has 1 saturated heterocycles.